The summed E-state index contributed by atoms with van der Waals surface area (Å²) in [5.41, 5.74) is 3.70. The summed E-state index contributed by atoms with van der Waals surface area (Å²) in [6.07, 6.45) is 0. The van der Waals surface area contributed by atoms with E-state index in [1.165, 1.54) is 0 Å². The van der Waals surface area contributed by atoms with Gasteiger partial charge in [0.15, 0.2) is 0 Å². The van der Waals surface area contributed by atoms with Crippen LogP contribution in [-0.4, -0.2) is 15.9 Å². The molecule has 1 heterocycles. The van der Waals surface area contributed by atoms with Crippen molar-refractivity contribution in [3.63, 3.8) is 0 Å². The molecule has 2 aromatic carbocycles. The Bertz CT molecular complexity index is 785. The van der Waals surface area contributed by atoms with Gasteiger partial charge in [-0.15, -0.1) is 0 Å². The van der Waals surface area contributed by atoms with E-state index in [-0.39, 0.29) is 17.9 Å². The fourth-order valence-corrected chi connectivity index (χ4v) is 2.60. The highest BCUT2D eigenvalue weighted by atomic mass is 16.1. The van der Waals surface area contributed by atoms with Crippen molar-refractivity contribution in [2.24, 2.45) is 5.92 Å². The number of benzene rings is 2. The maximum atomic E-state index is 12.5. The Labute approximate surface area is 136 Å². The summed E-state index contributed by atoms with van der Waals surface area (Å²) in [7, 11) is 0. The molecule has 3 rings (SSSR count). The number of nitrogens with zero attached hydrogens (tertiary/aromatic N) is 1. The Hall–Kier alpha value is -2.62. The molecule has 0 saturated heterocycles. The second-order valence-electron chi connectivity index (χ2n) is 6.20. The van der Waals surface area contributed by atoms with Gasteiger partial charge in [-0.2, -0.15) is 0 Å². The minimum Gasteiger partial charge on any atom is -0.342 e. The third-order valence-corrected chi connectivity index (χ3v) is 3.97. The zero-order valence-corrected chi connectivity index (χ0v) is 13.6. The molecule has 0 fully saturated rings. The van der Waals surface area contributed by atoms with E-state index in [1.54, 1.807) is 0 Å². The Morgan fingerprint density at radius 3 is 2.43 bits per heavy atom. The lowest BCUT2D eigenvalue weighted by Crippen LogP contribution is -2.32. The van der Waals surface area contributed by atoms with Crippen LogP contribution in [-0.2, 0) is 0 Å². The highest BCUT2D eigenvalue weighted by molar-refractivity contribution is 5.94. The number of aromatic amines is 1. The summed E-state index contributed by atoms with van der Waals surface area (Å²) in [5.74, 6) is 0.941. The molecule has 0 saturated carbocycles. The molecule has 0 aliphatic carbocycles. The average molecular weight is 307 g/mol. The molecular formula is C19H21N3O. The summed E-state index contributed by atoms with van der Waals surface area (Å²) in [5, 5.41) is 3.10. The SMILES string of the molecule is Cc1ccc(C(=O)N[C@H](c2nc3ccccc3[nH]2)C(C)C)cc1. The average Bonchev–Trinajstić information content (AvgIpc) is 2.96. The fraction of sp³-hybridized carbons (Fsp3) is 0.263. The molecule has 4 heteroatoms. The Morgan fingerprint density at radius 1 is 1.09 bits per heavy atom. The van der Waals surface area contributed by atoms with Crippen molar-refractivity contribution in [3.05, 3.63) is 65.5 Å². The Balaban J connectivity index is 1.86. The highest BCUT2D eigenvalue weighted by Gasteiger charge is 2.22. The van der Waals surface area contributed by atoms with Crippen molar-refractivity contribution in [3.8, 4) is 0 Å². The van der Waals surface area contributed by atoms with Crippen LogP contribution in [0.1, 0.15) is 41.6 Å². The Kier molecular flexibility index (Phi) is 4.15. The van der Waals surface area contributed by atoms with Crippen LogP contribution in [0.15, 0.2) is 48.5 Å². The summed E-state index contributed by atoms with van der Waals surface area (Å²) in [6, 6.07) is 15.3. The van der Waals surface area contributed by atoms with E-state index in [0.29, 0.717) is 5.56 Å². The zero-order chi connectivity index (χ0) is 16.4. The first-order valence-electron chi connectivity index (χ1n) is 7.87. The number of nitrogens with one attached hydrogen (secondary N) is 2. The number of fused-ring (bicyclic) bond motifs is 1. The number of aryl methyl sites for hydroxylation is 1. The third-order valence-electron chi connectivity index (χ3n) is 3.97. The molecule has 0 radical (unpaired) electrons. The van der Waals surface area contributed by atoms with Gasteiger partial charge in [0.25, 0.3) is 5.91 Å². The van der Waals surface area contributed by atoms with Gasteiger partial charge in [0.1, 0.15) is 5.82 Å². The van der Waals surface area contributed by atoms with E-state index >= 15 is 0 Å². The predicted molar refractivity (Wildman–Crippen MR) is 92.3 cm³/mol. The van der Waals surface area contributed by atoms with Crippen molar-refractivity contribution >= 4 is 16.9 Å². The van der Waals surface area contributed by atoms with Crippen molar-refractivity contribution in [1.29, 1.82) is 0 Å². The number of aromatic nitrogens is 2. The molecule has 0 aliphatic rings. The van der Waals surface area contributed by atoms with Gasteiger partial charge in [-0.25, -0.2) is 4.98 Å². The number of carbonyl (C=O) groups is 1. The first kappa shape index (κ1) is 15.3. The van der Waals surface area contributed by atoms with E-state index in [9.17, 15) is 4.79 Å². The monoisotopic (exact) mass is 307 g/mol. The van der Waals surface area contributed by atoms with Crippen molar-refractivity contribution in [2.45, 2.75) is 26.8 Å². The van der Waals surface area contributed by atoms with Crippen LogP contribution < -0.4 is 5.32 Å². The molecule has 23 heavy (non-hydrogen) atoms. The van der Waals surface area contributed by atoms with Crippen molar-refractivity contribution in [2.75, 3.05) is 0 Å². The summed E-state index contributed by atoms with van der Waals surface area (Å²) >= 11 is 0. The lowest BCUT2D eigenvalue weighted by Gasteiger charge is -2.20. The van der Waals surface area contributed by atoms with Crippen LogP contribution in [0, 0.1) is 12.8 Å². The summed E-state index contributed by atoms with van der Waals surface area (Å²) < 4.78 is 0. The third kappa shape index (κ3) is 3.26. The lowest BCUT2D eigenvalue weighted by molar-refractivity contribution is 0.0923. The molecule has 2 N–H and O–H groups in total. The quantitative estimate of drug-likeness (QED) is 0.765. The normalized spacial score (nSPS) is 12.5. The maximum Gasteiger partial charge on any atom is 0.251 e. The molecule has 4 nitrogen and oxygen atoms in total. The Morgan fingerprint density at radius 2 is 1.78 bits per heavy atom. The van der Waals surface area contributed by atoms with Crippen molar-refractivity contribution in [1.82, 2.24) is 15.3 Å². The van der Waals surface area contributed by atoms with E-state index in [1.807, 2.05) is 55.5 Å². The van der Waals surface area contributed by atoms with E-state index in [2.05, 4.69) is 29.1 Å². The van der Waals surface area contributed by atoms with Gasteiger partial charge in [0, 0.05) is 5.56 Å². The van der Waals surface area contributed by atoms with Crippen LogP contribution in [0.2, 0.25) is 0 Å². The van der Waals surface area contributed by atoms with Crippen molar-refractivity contribution < 1.29 is 4.79 Å². The molecule has 1 aromatic heterocycles. The highest BCUT2D eigenvalue weighted by Crippen LogP contribution is 2.22. The first-order chi connectivity index (χ1) is 11.0. The first-order valence-corrected chi connectivity index (χ1v) is 7.87. The number of hydrogen-bond acceptors (Lipinski definition) is 2. The van der Waals surface area contributed by atoms with Gasteiger partial charge in [0.2, 0.25) is 0 Å². The minimum atomic E-state index is -0.156. The summed E-state index contributed by atoms with van der Waals surface area (Å²) in [4.78, 5) is 20.4. The molecule has 0 aliphatic heterocycles. The van der Waals surface area contributed by atoms with Gasteiger partial charge >= 0.3 is 0 Å². The predicted octanol–water partition coefficient (Wildman–Crippen LogP) is 4.00. The van der Waals surface area contributed by atoms with Crippen LogP contribution in [0.25, 0.3) is 11.0 Å². The molecule has 3 aromatic rings. The van der Waals surface area contributed by atoms with E-state index in [0.717, 1.165) is 22.4 Å². The molecule has 0 unspecified atom stereocenters. The van der Waals surface area contributed by atoms with Gasteiger partial charge in [-0.1, -0.05) is 43.7 Å². The van der Waals surface area contributed by atoms with Crippen LogP contribution >= 0.6 is 0 Å². The van der Waals surface area contributed by atoms with Gasteiger partial charge in [-0.3, -0.25) is 4.79 Å². The number of hydrogen-bond donors (Lipinski definition) is 2. The molecule has 118 valence electrons. The molecule has 1 amide bonds. The topological polar surface area (TPSA) is 57.8 Å². The molecule has 1 atom stereocenters. The number of amides is 1. The van der Waals surface area contributed by atoms with Crippen LogP contribution in [0.4, 0.5) is 0 Å². The van der Waals surface area contributed by atoms with Gasteiger partial charge < -0.3 is 10.3 Å². The minimum absolute atomic E-state index is 0.0795. The van der Waals surface area contributed by atoms with E-state index in [4.69, 9.17) is 0 Å². The standard InChI is InChI=1S/C19H21N3O/c1-12(2)17(18-20-15-6-4-5-7-16(15)21-18)22-19(23)14-10-8-13(3)9-11-14/h4-12,17H,1-3H3,(H,20,21)(H,22,23)/t17-/m0/s1. The smallest absolute Gasteiger partial charge is 0.251 e. The largest absolute Gasteiger partial charge is 0.342 e. The van der Waals surface area contributed by atoms with Crippen LogP contribution in [0.3, 0.4) is 0 Å². The molecular weight excluding hydrogens is 286 g/mol. The maximum absolute atomic E-state index is 12.5. The number of para-hydroxylation sites is 2. The molecule has 0 bridgehead atoms. The second kappa shape index (κ2) is 6.24. The zero-order valence-electron chi connectivity index (χ0n) is 13.6. The second-order valence-corrected chi connectivity index (χ2v) is 6.20. The van der Waals surface area contributed by atoms with E-state index < -0.39 is 0 Å². The number of H-pyrrole nitrogens is 1. The lowest BCUT2D eigenvalue weighted by atomic mass is 10.0. The van der Waals surface area contributed by atoms with Gasteiger partial charge in [0.05, 0.1) is 17.1 Å². The fourth-order valence-electron chi connectivity index (χ4n) is 2.60. The van der Waals surface area contributed by atoms with Gasteiger partial charge in [-0.05, 0) is 37.1 Å². The number of rotatable bonds is 4. The number of imidazole rings is 1. The molecule has 0 spiro atoms. The number of carbonyl (C=O) groups excluding carboxylic acids is 1. The summed E-state index contributed by atoms with van der Waals surface area (Å²) in [6.45, 7) is 6.16. The van der Waals surface area contributed by atoms with Crippen LogP contribution in [0.5, 0.6) is 0 Å².